The number of hydrogen-bond acceptors (Lipinski definition) is 4. The summed E-state index contributed by atoms with van der Waals surface area (Å²) >= 11 is 0. The molecule has 1 aliphatic rings. The van der Waals surface area contributed by atoms with Crippen LogP contribution in [-0.2, 0) is 14.2 Å². The maximum absolute atomic E-state index is 5.54. The Kier molecular flexibility index (Phi) is 6.92. The average molecular weight is 217 g/mol. The van der Waals surface area contributed by atoms with Gasteiger partial charge < -0.3 is 19.5 Å². The molecule has 4 heteroatoms. The summed E-state index contributed by atoms with van der Waals surface area (Å²) in [5.41, 5.74) is 0. The van der Waals surface area contributed by atoms with Gasteiger partial charge >= 0.3 is 0 Å². The van der Waals surface area contributed by atoms with E-state index in [-0.39, 0.29) is 0 Å². The fourth-order valence-electron chi connectivity index (χ4n) is 1.53. The molecule has 1 fully saturated rings. The van der Waals surface area contributed by atoms with Crippen LogP contribution < -0.4 is 5.32 Å². The lowest BCUT2D eigenvalue weighted by Gasteiger charge is -2.15. The van der Waals surface area contributed by atoms with E-state index >= 15 is 0 Å². The molecule has 0 saturated heterocycles. The van der Waals surface area contributed by atoms with Crippen LogP contribution in [0, 0.1) is 5.92 Å². The third-order valence-electron chi connectivity index (χ3n) is 2.66. The summed E-state index contributed by atoms with van der Waals surface area (Å²) in [7, 11) is 3.68. The van der Waals surface area contributed by atoms with Crippen molar-refractivity contribution in [3.8, 4) is 0 Å². The molecule has 1 unspecified atom stereocenters. The first-order valence-electron chi connectivity index (χ1n) is 5.70. The lowest BCUT2D eigenvalue weighted by molar-refractivity contribution is 0.0185. The summed E-state index contributed by atoms with van der Waals surface area (Å²) in [6.07, 6.45) is 2.69. The minimum absolute atomic E-state index is 0.531. The number of ether oxygens (including phenoxy) is 3. The van der Waals surface area contributed by atoms with Crippen molar-refractivity contribution in [1.29, 1.82) is 0 Å². The van der Waals surface area contributed by atoms with Crippen LogP contribution in [0.5, 0.6) is 0 Å². The third kappa shape index (κ3) is 6.10. The summed E-state index contributed by atoms with van der Waals surface area (Å²) in [4.78, 5) is 0. The van der Waals surface area contributed by atoms with Gasteiger partial charge in [-0.3, -0.25) is 0 Å². The van der Waals surface area contributed by atoms with Gasteiger partial charge in [0, 0.05) is 13.2 Å². The molecule has 0 heterocycles. The molecule has 0 spiro atoms. The molecule has 0 amide bonds. The maximum Gasteiger partial charge on any atom is 0.0701 e. The van der Waals surface area contributed by atoms with Crippen LogP contribution in [0.3, 0.4) is 0 Å². The highest BCUT2D eigenvalue weighted by atomic mass is 16.5. The van der Waals surface area contributed by atoms with E-state index in [0.29, 0.717) is 32.5 Å². The van der Waals surface area contributed by atoms with Gasteiger partial charge in [0.05, 0.1) is 33.0 Å². The SMILES string of the molecule is CNC(COCCOCCOC)C1CC1. The normalized spacial score (nSPS) is 18.0. The van der Waals surface area contributed by atoms with Crippen LogP contribution in [0.2, 0.25) is 0 Å². The molecule has 0 radical (unpaired) electrons. The highest BCUT2D eigenvalue weighted by Crippen LogP contribution is 2.32. The minimum atomic E-state index is 0.531. The van der Waals surface area contributed by atoms with E-state index in [9.17, 15) is 0 Å². The van der Waals surface area contributed by atoms with E-state index < -0.39 is 0 Å². The predicted octanol–water partition coefficient (Wildman–Crippen LogP) is 0.664. The Labute approximate surface area is 92.3 Å². The van der Waals surface area contributed by atoms with Crippen LogP contribution in [0.4, 0.5) is 0 Å². The van der Waals surface area contributed by atoms with Crippen molar-refractivity contribution in [3.63, 3.8) is 0 Å². The Bertz CT molecular complexity index is 151. The minimum Gasteiger partial charge on any atom is -0.382 e. The Morgan fingerprint density at radius 1 is 1.13 bits per heavy atom. The fraction of sp³-hybridized carbons (Fsp3) is 1.00. The summed E-state index contributed by atoms with van der Waals surface area (Å²) in [5, 5.41) is 3.29. The number of likely N-dealkylation sites (N-methyl/N-ethyl adjacent to an activating group) is 1. The zero-order chi connectivity index (χ0) is 10.9. The quantitative estimate of drug-likeness (QED) is 0.546. The third-order valence-corrected chi connectivity index (χ3v) is 2.66. The zero-order valence-electron chi connectivity index (χ0n) is 9.83. The van der Waals surface area contributed by atoms with Crippen molar-refractivity contribution in [2.45, 2.75) is 18.9 Å². The molecule has 1 atom stereocenters. The van der Waals surface area contributed by atoms with Crippen LogP contribution in [-0.4, -0.2) is 53.2 Å². The molecule has 0 aromatic carbocycles. The average Bonchev–Trinajstić information content (AvgIpc) is 3.06. The lowest BCUT2D eigenvalue weighted by Crippen LogP contribution is -2.32. The molecule has 0 bridgehead atoms. The van der Waals surface area contributed by atoms with Gasteiger partial charge in [-0.05, 0) is 25.8 Å². The Morgan fingerprint density at radius 3 is 2.40 bits per heavy atom. The first-order chi connectivity index (χ1) is 7.38. The van der Waals surface area contributed by atoms with Crippen molar-refractivity contribution in [1.82, 2.24) is 5.32 Å². The molecule has 90 valence electrons. The molecule has 4 nitrogen and oxygen atoms in total. The molecule has 0 aromatic rings. The van der Waals surface area contributed by atoms with Crippen LogP contribution in [0.25, 0.3) is 0 Å². The van der Waals surface area contributed by atoms with Gasteiger partial charge in [0.25, 0.3) is 0 Å². The first-order valence-corrected chi connectivity index (χ1v) is 5.70. The van der Waals surface area contributed by atoms with E-state index in [1.54, 1.807) is 7.11 Å². The van der Waals surface area contributed by atoms with Gasteiger partial charge in [-0.1, -0.05) is 0 Å². The molecule has 15 heavy (non-hydrogen) atoms. The van der Waals surface area contributed by atoms with E-state index in [4.69, 9.17) is 14.2 Å². The van der Waals surface area contributed by atoms with Crippen LogP contribution in [0.1, 0.15) is 12.8 Å². The molecule has 1 N–H and O–H groups in total. The molecule has 1 rings (SSSR count). The Hall–Kier alpha value is -0.160. The molecular formula is C11H23NO3. The van der Waals surface area contributed by atoms with Gasteiger partial charge in [0.2, 0.25) is 0 Å². The highest BCUT2D eigenvalue weighted by molar-refractivity contribution is 4.85. The van der Waals surface area contributed by atoms with E-state index in [1.165, 1.54) is 12.8 Å². The molecule has 0 aliphatic heterocycles. The predicted molar refractivity (Wildman–Crippen MR) is 59.1 cm³/mol. The largest absolute Gasteiger partial charge is 0.382 e. The lowest BCUT2D eigenvalue weighted by atomic mass is 10.2. The van der Waals surface area contributed by atoms with Gasteiger partial charge in [-0.15, -0.1) is 0 Å². The molecule has 0 aromatic heterocycles. The molecule has 1 saturated carbocycles. The fourth-order valence-corrected chi connectivity index (χ4v) is 1.53. The number of nitrogens with one attached hydrogen (secondary N) is 1. The van der Waals surface area contributed by atoms with E-state index in [2.05, 4.69) is 5.32 Å². The first kappa shape index (κ1) is 12.9. The topological polar surface area (TPSA) is 39.7 Å². The van der Waals surface area contributed by atoms with Gasteiger partial charge in [0.1, 0.15) is 0 Å². The standard InChI is InChI=1S/C11H23NO3/c1-12-11(10-3-4-10)9-15-8-7-14-6-5-13-2/h10-12H,3-9H2,1-2H3. The molecule has 1 aliphatic carbocycles. The van der Waals surface area contributed by atoms with Crippen molar-refractivity contribution in [2.24, 2.45) is 5.92 Å². The maximum atomic E-state index is 5.54. The summed E-state index contributed by atoms with van der Waals surface area (Å²) in [5.74, 6) is 0.837. The summed E-state index contributed by atoms with van der Waals surface area (Å²) in [6, 6.07) is 0.531. The second-order valence-corrected chi connectivity index (χ2v) is 3.91. The summed E-state index contributed by atoms with van der Waals surface area (Å²) < 4.78 is 15.7. The van der Waals surface area contributed by atoms with Crippen molar-refractivity contribution >= 4 is 0 Å². The van der Waals surface area contributed by atoms with Crippen LogP contribution in [0.15, 0.2) is 0 Å². The zero-order valence-corrected chi connectivity index (χ0v) is 9.83. The monoisotopic (exact) mass is 217 g/mol. The van der Waals surface area contributed by atoms with Gasteiger partial charge in [0.15, 0.2) is 0 Å². The highest BCUT2D eigenvalue weighted by Gasteiger charge is 2.29. The van der Waals surface area contributed by atoms with Gasteiger partial charge in [-0.2, -0.15) is 0 Å². The number of methoxy groups -OCH3 is 1. The van der Waals surface area contributed by atoms with Crippen molar-refractivity contribution in [2.75, 3.05) is 47.2 Å². The smallest absolute Gasteiger partial charge is 0.0701 e. The van der Waals surface area contributed by atoms with Crippen molar-refractivity contribution in [3.05, 3.63) is 0 Å². The number of hydrogen-bond donors (Lipinski definition) is 1. The van der Waals surface area contributed by atoms with Crippen LogP contribution >= 0.6 is 0 Å². The van der Waals surface area contributed by atoms with Crippen molar-refractivity contribution < 1.29 is 14.2 Å². The van der Waals surface area contributed by atoms with E-state index in [1.807, 2.05) is 7.05 Å². The second-order valence-electron chi connectivity index (χ2n) is 3.91. The molecular weight excluding hydrogens is 194 g/mol. The van der Waals surface area contributed by atoms with E-state index in [0.717, 1.165) is 12.5 Å². The Morgan fingerprint density at radius 2 is 1.80 bits per heavy atom. The second kappa shape index (κ2) is 8.05. The number of rotatable bonds is 10. The van der Waals surface area contributed by atoms with Gasteiger partial charge in [-0.25, -0.2) is 0 Å². The Balaban J connectivity index is 1.83. The summed E-state index contributed by atoms with van der Waals surface area (Å²) in [6.45, 7) is 3.44.